The molecule has 0 heterocycles. The quantitative estimate of drug-likeness (QED) is 0.775. The summed E-state index contributed by atoms with van der Waals surface area (Å²) in [7, 11) is 0. The molecule has 17 heavy (non-hydrogen) atoms. The lowest BCUT2D eigenvalue weighted by Crippen LogP contribution is -2.33. The minimum atomic E-state index is 0.504. The summed E-state index contributed by atoms with van der Waals surface area (Å²) in [4.78, 5) is 2.42. The van der Waals surface area contributed by atoms with Crippen molar-refractivity contribution in [2.24, 2.45) is 5.92 Å². The summed E-state index contributed by atoms with van der Waals surface area (Å²) in [5, 5.41) is 9.08. The van der Waals surface area contributed by atoms with Crippen molar-refractivity contribution >= 4 is 0 Å². The zero-order valence-corrected chi connectivity index (χ0v) is 11.3. The SMILES string of the molecule is CC(C)CN(Cc1ccccc1C#N)C(C)C. The maximum absolute atomic E-state index is 9.08. The Hall–Kier alpha value is -1.33. The second kappa shape index (κ2) is 6.42. The number of nitrogens with zero attached hydrogens (tertiary/aromatic N) is 2. The van der Waals surface area contributed by atoms with Gasteiger partial charge in [0.1, 0.15) is 0 Å². The fourth-order valence-electron chi connectivity index (χ4n) is 1.91. The third-order valence-corrected chi connectivity index (χ3v) is 2.84. The highest BCUT2D eigenvalue weighted by molar-refractivity contribution is 5.37. The van der Waals surface area contributed by atoms with Crippen LogP contribution in [0.25, 0.3) is 0 Å². The molecular formula is C15H22N2. The smallest absolute Gasteiger partial charge is 0.0995 e. The molecule has 2 heteroatoms. The van der Waals surface area contributed by atoms with Gasteiger partial charge in [0.25, 0.3) is 0 Å². The maximum atomic E-state index is 9.08. The Morgan fingerprint density at radius 1 is 1.18 bits per heavy atom. The van der Waals surface area contributed by atoms with Gasteiger partial charge in [0, 0.05) is 19.1 Å². The molecule has 0 saturated heterocycles. The van der Waals surface area contributed by atoms with Crippen LogP contribution in [0.1, 0.15) is 38.8 Å². The first kappa shape index (κ1) is 13.7. The molecule has 1 aromatic rings. The largest absolute Gasteiger partial charge is 0.296 e. The number of nitriles is 1. The van der Waals surface area contributed by atoms with Gasteiger partial charge in [-0.15, -0.1) is 0 Å². The molecule has 0 radical (unpaired) electrons. The van der Waals surface area contributed by atoms with Crippen LogP contribution in [0.5, 0.6) is 0 Å². The Labute approximate surface area is 105 Å². The fraction of sp³-hybridized carbons (Fsp3) is 0.533. The van der Waals surface area contributed by atoms with Gasteiger partial charge >= 0.3 is 0 Å². The maximum Gasteiger partial charge on any atom is 0.0995 e. The zero-order valence-electron chi connectivity index (χ0n) is 11.3. The van der Waals surface area contributed by atoms with E-state index >= 15 is 0 Å². The molecule has 1 rings (SSSR count). The Morgan fingerprint density at radius 3 is 2.35 bits per heavy atom. The topological polar surface area (TPSA) is 27.0 Å². The van der Waals surface area contributed by atoms with E-state index in [9.17, 15) is 0 Å². The predicted octanol–water partition coefficient (Wildman–Crippen LogP) is 3.42. The Morgan fingerprint density at radius 2 is 1.82 bits per heavy atom. The van der Waals surface area contributed by atoms with Crippen LogP contribution < -0.4 is 0 Å². The highest BCUT2D eigenvalue weighted by Gasteiger charge is 2.13. The highest BCUT2D eigenvalue weighted by atomic mass is 15.1. The molecule has 0 aliphatic carbocycles. The van der Waals surface area contributed by atoms with Crippen molar-refractivity contribution in [2.45, 2.75) is 40.3 Å². The molecule has 0 bridgehead atoms. The van der Waals surface area contributed by atoms with Crippen LogP contribution in [0, 0.1) is 17.2 Å². The Kier molecular flexibility index (Phi) is 5.18. The lowest BCUT2D eigenvalue weighted by atomic mass is 10.1. The molecule has 0 aliphatic rings. The van der Waals surface area contributed by atoms with E-state index in [0.29, 0.717) is 12.0 Å². The predicted molar refractivity (Wildman–Crippen MR) is 71.5 cm³/mol. The van der Waals surface area contributed by atoms with E-state index in [2.05, 4.69) is 38.7 Å². The molecule has 0 aliphatic heterocycles. The highest BCUT2D eigenvalue weighted by Crippen LogP contribution is 2.14. The van der Waals surface area contributed by atoms with Crippen LogP contribution in [0.3, 0.4) is 0 Å². The van der Waals surface area contributed by atoms with E-state index in [4.69, 9.17) is 5.26 Å². The Balaban J connectivity index is 2.83. The summed E-state index contributed by atoms with van der Waals surface area (Å²) in [5.74, 6) is 0.645. The van der Waals surface area contributed by atoms with Gasteiger partial charge in [0.05, 0.1) is 11.6 Å². The molecule has 0 spiro atoms. The number of benzene rings is 1. The summed E-state index contributed by atoms with van der Waals surface area (Å²) >= 11 is 0. The number of hydrogen-bond acceptors (Lipinski definition) is 2. The minimum absolute atomic E-state index is 0.504. The van der Waals surface area contributed by atoms with E-state index in [-0.39, 0.29) is 0 Å². The van der Waals surface area contributed by atoms with Gasteiger partial charge in [-0.2, -0.15) is 5.26 Å². The van der Waals surface area contributed by atoms with Gasteiger partial charge in [0.2, 0.25) is 0 Å². The summed E-state index contributed by atoms with van der Waals surface area (Å²) in [5.41, 5.74) is 1.92. The van der Waals surface area contributed by atoms with Crippen LogP contribution in [-0.2, 0) is 6.54 Å². The molecular weight excluding hydrogens is 208 g/mol. The second-order valence-electron chi connectivity index (χ2n) is 5.19. The monoisotopic (exact) mass is 230 g/mol. The molecule has 1 aromatic carbocycles. The fourth-order valence-corrected chi connectivity index (χ4v) is 1.91. The van der Waals surface area contributed by atoms with Crippen molar-refractivity contribution in [3.63, 3.8) is 0 Å². The molecule has 92 valence electrons. The lowest BCUT2D eigenvalue weighted by molar-refractivity contribution is 0.189. The molecule has 2 nitrogen and oxygen atoms in total. The lowest BCUT2D eigenvalue weighted by Gasteiger charge is -2.28. The van der Waals surface area contributed by atoms with E-state index in [0.717, 1.165) is 24.2 Å². The van der Waals surface area contributed by atoms with Crippen molar-refractivity contribution in [2.75, 3.05) is 6.54 Å². The van der Waals surface area contributed by atoms with Crippen molar-refractivity contribution < 1.29 is 0 Å². The second-order valence-corrected chi connectivity index (χ2v) is 5.19. The first-order valence-electron chi connectivity index (χ1n) is 6.26. The first-order chi connectivity index (χ1) is 8.04. The number of rotatable bonds is 5. The van der Waals surface area contributed by atoms with Gasteiger partial charge < -0.3 is 0 Å². The van der Waals surface area contributed by atoms with Crippen LogP contribution >= 0.6 is 0 Å². The molecule has 0 N–H and O–H groups in total. The first-order valence-corrected chi connectivity index (χ1v) is 6.26. The van der Waals surface area contributed by atoms with Gasteiger partial charge in [-0.05, 0) is 31.4 Å². The third-order valence-electron chi connectivity index (χ3n) is 2.84. The third kappa shape index (κ3) is 4.20. The Bertz CT molecular complexity index is 388. The van der Waals surface area contributed by atoms with Gasteiger partial charge in [-0.25, -0.2) is 0 Å². The van der Waals surface area contributed by atoms with Crippen molar-refractivity contribution in [3.05, 3.63) is 35.4 Å². The summed E-state index contributed by atoms with van der Waals surface area (Å²) in [6.45, 7) is 10.8. The average Bonchev–Trinajstić information content (AvgIpc) is 2.28. The normalized spacial score (nSPS) is 11.2. The van der Waals surface area contributed by atoms with Gasteiger partial charge in [-0.3, -0.25) is 4.90 Å². The number of hydrogen-bond donors (Lipinski definition) is 0. The molecule has 0 fully saturated rings. The minimum Gasteiger partial charge on any atom is -0.296 e. The van der Waals surface area contributed by atoms with E-state index in [1.165, 1.54) is 0 Å². The zero-order chi connectivity index (χ0) is 12.8. The van der Waals surface area contributed by atoms with E-state index in [1.54, 1.807) is 0 Å². The van der Waals surface area contributed by atoms with Gasteiger partial charge in [0.15, 0.2) is 0 Å². The molecule has 0 unspecified atom stereocenters. The van der Waals surface area contributed by atoms with Gasteiger partial charge in [-0.1, -0.05) is 32.0 Å². The van der Waals surface area contributed by atoms with Crippen LogP contribution in [-0.4, -0.2) is 17.5 Å². The van der Waals surface area contributed by atoms with Crippen LogP contribution in [0.15, 0.2) is 24.3 Å². The van der Waals surface area contributed by atoms with Crippen molar-refractivity contribution in [3.8, 4) is 6.07 Å². The van der Waals surface area contributed by atoms with Crippen molar-refractivity contribution in [1.82, 2.24) is 4.90 Å². The van der Waals surface area contributed by atoms with Crippen LogP contribution in [0.4, 0.5) is 0 Å². The molecule has 0 aromatic heterocycles. The van der Waals surface area contributed by atoms with Crippen LogP contribution in [0.2, 0.25) is 0 Å². The van der Waals surface area contributed by atoms with E-state index in [1.807, 2.05) is 24.3 Å². The molecule has 0 atom stereocenters. The van der Waals surface area contributed by atoms with E-state index < -0.39 is 0 Å². The summed E-state index contributed by atoms with van der Waals surface area (Å²) in [6.07, 6.45) is 0. The summed E-state index contributed by atoms with van der Waals surface area (Å²) in [6, 6.07) is 10.6. The van der Waals surface area contributed by atoms with Crippen molar-refractivity contribution in [1.29, 1.82) is 5.26 Å². The summed E-state index contributed by atoms with van der Waals surface area (Å²) < 4.78 is 0. The molecule has 0 amide bonds. The standard InChI is InChI=1S/C15H22N2/c1-12(2)10-17(13(3)4)11-15-8-6-5-7-14(15)9-16/h5-8,12-13H,10-11H2,1-4H3. The average molecular weight is 230 g/mol. The molecule has 0 saturated carbocycles.